The van der Waals surface area contributed by atoms with Crippen LogP contribution in [-0.4, -0.2) is 33.5 Å². The molecule has 1 saturated heterocycles. The normalized spacial score (nSPS) is 24.0. The lowest BCUT2D eigenvalue weighted by Gasteiger charge is -2.11. The lowest BCUT2D eigenvalue weighted by molar-refractivity contribution is 0.211. The highest BCUT2D eigenvalue weighted by molar-refractivity contribution is 7.90. The molecular weight excluding hydrogens is 276 g/mol. The summed E-state index contributed by atoms with van der Waals surface area (Å²) in [4.78, 5) is 0.237. The molecule has 0 aliphatic carbocycles. The second-order valence-corrected chi connectivity index (χ2v) is 5.67. The first kappa shape index (κ1) is 13.3. The van der Waals surface area contributed by atoms with E-state index < -0.39 is 10.0 Å². The summed E-state index contributed by atoms with van der Waals surface area (Å²) in [6.07, 6.45) is 0.886. The van der Waals surface area contributed by atoms with E-state index in [1.54, 1.807) is 24.3 Å². The van der Waals surface area contributed by atoms with Gasteiger partial charge in [-0.3, -0.25) is 0 Å². The van der Waals surface area contributed by atoms with E-state index in [2.05, 4.69) is 9.71 Å². The number of nitrogens with zero attached hydrogens (tertiary/aromatic N) is 1. The first-order valence-electron chi connectivity index (χ1n) is 5.48. The molecule has 0 spiro atoms. The lowest BCUT2D eigenvalue weighted by Crippen LogP contribution is -2.20. The standard InChI is InChI=1S/C11H12N2O3S.ClH/c14-17(15)10-4-2-1-3-9(10)11(13-17)16-8-5-6-12-7-8;/h1-4,8,12H,5-7H2;1H/t8-;/m0./s1. The van der Waals surface area contributed by atoms with Gasteiger partial charge in [-0.05, 0) is 25.1 Å². The van der Waals surface area contributed by atoms with Gasteiger partial charge in [-0.25, -0.2) is 0 Å². The zero-order valence-corrected chi connectivity index (χ0v) is 11.1. The quantitative estimate of drug-likeness (QED) is 0.835. The molecule has 1 fully saturated rings. The summed E-state index contributed by atoms with van der Waals surface area (Å²) < 4.78 is 32.8. The third-order valence-electron chi connectivity index (χ3n) is 2.89. The van der Waals surface area contributed by atoms with E-state index in [-0.39, 0.29) is 29.3 Å². The first-order valence-corrected chi connectivity index (χ1v) is 6.92. The largest absolute Gasteiger partial charge is 0.472 e. The third-order valence-corrected chi connectivity index (χ3v) is 4.21. The number of nitrogens with one attached hydrogen (secondary N) is 1. The Hall–Kier alpha value is -1.11. The maximum Gasteiger partial charge on any atom is 0.286 e. The van der Waals surface area contributed by atoms with Crippen molar-refractivity contribution < 1.29 is 13.2 Å². The molecule has 0 saturated carbocycles. The minimum absolute atomic E-state index is 0. The molecule has 2 aliphatic heterocycles. The van der Waals surface area contributed by atoms with Crippen LogP contribution in [0.1, 0.15) is 12.0 Å². The van der Waals surface area contributed by atoms with Gasteiger partial charge in [0.25, 0.3) is 10.0 Å². The van der Waals surface area contributed by atoms with Crippen molar-refractivity contribution >= 4 is 28.3 Å². The van der Waals surface area contributed by atoms with E-state index in [9.17, 15) is 8.42 Å². The van der Waals surface area contributed by atoms with Crippen molar-refractivity contribution in [2.45, 2.75) is 17.4 Å². The van der Waals surface area contributed by atoms with Gasteiger partial charge < -0.3 is 10.1 Å². The van der Waals surface area contributed by atoms with Crippen molar-refractivity contribution in [1.82, 2.24) is 5.32 Å². The van der Waals surface area contributed by atoms with Crippen LogP contribution in [0.5, 0.6) is 0 Å². The predicted octanol–water partition coefficient (Wildman–Crippen LogP) is 0.936. The van der Waals surface area contributed by atoms with Crippen LogP contribution in [-0.2, 0) is 14.8 Å². The summed E-state index contributed by atoms with van der Waals surface area (Å²) in [5.74, 6) is 0.231. The number of benzene rings is 1. The van der Waals surface area contributed by atoms with Crippen LogP contribution in [0, 0.1) is 0 Å². The van der Waals surface area contributed by atoms with Crippen molar-refractivity contribution in [3.8, 4) is 0 Å². The summed E-state index contributed by atoms with van der Waals surface area (Å²) in [5, 5.41) is 3.16. The molecular formula is C11H13ClN2O3S. The van der Waals surface area contributed by atoms with Crippen LogP contribution in [0.3, 0.4) is 0 Å². The van der Waals surface area contributed by atoms with Gasteiger partial charge in [0.15, 0.2) is 0 Å². The van der Waals surface area contributed by atoms with Crippen molar-refractivity contribution in [3.63, 3.8) is 0 Å². The van der Waals surface area contributed by atoms with Gasteiger partial charge in [0, 0.05) is 6.54 Å². The van der Waals surface area contributed by atoms with Gasteiger partial charge >= 0.3 is 0 Å². The summed E-state index contributed by atoms with van der Waals surface area (Å²) >= 11 is 0. The highest BCUT2D eigenvalue weighted by Crippen LogP contribution is 2.27. The number of fused-ring (bicyclic) bond motifs is 1. The van der Waals surface area contributed by atoms with Crippen molar-refractivity contribution in [2.75, 3.05) is 13.1 Å². The third kappa shape index (κ3) is 2.23. The molecule has 1 aromatic rings. The van der Waals surface area contributed by atoms with E-state index in [4.69, 9.17) is 4.74 Å². The summed E-state index contributed by atoms with van der Waals surface area (Å²) in [7, 11) is -3.55. The van der Waals surface area contributed by atoms with Gasteiger partial charge in [-0.2, -0.15) is 8.42 Å². The fraction of sp³-hybridized carbons (Fsp3) is 0.364. The second-order valence-electron chi connectivity index (χ2n) is 4.10. The number of ether oxygens (including phenoxy) is 1. The topological polar surface area (TPSA) is 67.8 Å². The number of rotatable bonds is 1. The van der Waals surface area contributed by atoms with Crippen molar-refractivity contribution in [3.05, 3.63) is 29.8 Å². The average molecular weight is 289 g/mol. The summed E-state index contributed by atoms with van der Waals surface area (Å²) in [6, 6.07) is 6.75. The molecule has 0 radical (unpaired) electrons. The Morgan fingerprint density at radius 3 is 2.83 bits per heavy atom. The highest BCUT2D eigenvalue weighted by Gasteiger charge is 2.31. The van der Waals surface area contributed by atoms with Crippen LogP contribution in [0.2, 0.25) is 0 Å². The van der Waals surface area contributed by atoms with Crippen LogP contribution in [0.4, 0.5) is 0 Å². The SMILES string of the molecule is Cl.O=S1(=O)N=C(O[C@H]2CCNC2)c2ccccc21. The van der Waals surface area contributed by atoms with Crippen LogP contribution >= 0.6 is 12.4 Å². The molecule has 0 amide bonds. The molecule has 1 atom stereocenters. The van der Waals surface area contributed by atoms with Gasteiger partial charge in [0.1, 0.15) is 11.0 Å². The van der Waals surface area contributed by atoms with E-state index in [1.807, 2.05) is 0 Å². The van der Waals surface area contributed by atoms with Gasteiger partial charge in [0.2, 0.25) is 5.90 Å². The molecule has 0 unspecified atom stereocenters. The van der Waals surface area contributed by atoms with Crippen LogP contribution in [0.15, 0.2) is 33.6 Å². The number of halogens is 1. The fourth-order valence-electron chi connectivity index (χ4n) is 2.05. The number of hydrogen-bond acceptors (Lipinski definition) is 4. The van der Waals surface area contributed by atoms with E-state index in [0.717, 1.165) is 19.5 Å². The van der Waals surface area contributed by atoms with E-state index in [1.165, 1.54) is 0 Å². The summed E-state index contributed by atoms with van der Waals surface area (Å²) in [5.41, 5.74) is 0.569. The highest BCUT2D eigenvalue weighted by atomic mass is 35.5. The molecule has 1 N–H and O–H groups in total. The number of sulfonamides is 1. The maximum absolute atomic E-state index is 11.8. The Morgan fingerprint density at radius 2 is 2.11 bits per heavy atom. The van der Waals surface area contributed by atoms with Crippen LogP contribution in [0.25, 0.3) is 0 Å². The Kier molecular flexibility index (Phi) is 3.61. The molecule has 5 nitrogen and oxygen atoms in total. The average Bonchev–Trinajstić information content (AvgIpc) is 2.88. The fourth-order valence-corrected chi connectivity index (χ4v) is 3.19. The first-order chi connectivity index (χ1) is 8.17. The second kappa shape index (κ2) is 4.87. The Balaban J connectivity index is 0.00000120. The zero-order chi connectivity index (χ0) is 11.9. The lowest BCUT2D eigenvalue weighted by atomic mass is 10.2. The van der Waals surface area contributed by atoms with Crippen molar-refractivity contribution in [1.29, 1.82) is 0 Å². The maximum atomic E-state index is 11.8. The molecule has 98 valence electrons. The minimum Gasteiger partial charge on any atom is -0.472 e. The van der Waals surface area contributed by atoms with Gasteiger partial charge in [-0.15, -0.1) is 16.8 Å². The molecule has 1 aromatic carbocycles. The zero-order valence-electron chi connectivity index (χ0n) is 9.50. The Bertz CT molecular complexity index is 580. The van der Waals surface area contributed by atoms with Gasteiger partial charge in [-0.1, -0.05) is 12.1 Å². The van der Waals surface area contributed by atoms with E-state index in [0.29, 0.717) is 5.56 Å². The van der Waals surface area contributed by atoms with Crippen LogP contribution < -0.4 is 5.32 Å². The molecule has 3 rings (SSSR count). The molecule has 2 heterocycles. The van der Waals surface area contributed by atoms with Crippen molar-refractivity contribution in [2.24, 2.45) is 4.40 Å². The minimum atomic E-state index is -3.55. The molecule has 0 aromatic heterocycles. The Labute approximate surface area is 112 Å². The van der Waals surface area contributed by atoms with E-state index >= 15 is 0 Å². The predicted molar refractivity (Wildman–Crippen MR) is 69.8 cm³/mol. The Morgan fingerprint density at radius 1 is 1.33 bits per heavy atom. The molecule has 2 aliphatic rings. The molecule has 18 heavy (non-hydrogen) atoms. The number of hydrogen-bond donors (Lipinski definition) is 1. The molecule has 0 bridgehead atoms. The summed E-state index contributed by atoms with van der Waals surface area (Å²) in [6.45, 7) is 1.63. The molecule has 7 heteroatoms. The van der Waals surface area contributed by atoms with Gasteiger partial charge in [0.05, 0.1) is 5.56 Å². The monoisotopic (exact) mass is 288 g/mol. The smallest absolute Gasteiger partial charge is 0.286 e.